The van der Waals surface area contributed by atoms with Gasteiger partial charge in [0.25, 0.3) is 0 Å². The minimum Gasteiger partial charge on any atom is -0.497 e. The molecule has 21 heavy (non-hydrogen) atoms. The van der Waals surface area contributed by atoms with Crippen molar-refractivity contribution in [2.45, 2.75) is 39.2 Å². The molecule has 1 aromatic heterocycles. The van der Waals surface area contributed by atoms with Gasteiger partial charge >= 0.3 is 0 Å². The van der Waals surface area contributed by atoms with Crippen molar-refractivity contribution in [3.63, 3.8) is 0 Å². The van der Waals surface area contributed by atoms with Crippen molar-refractivity contribution in [3.8, 4) is 5.75 Å². The summed E-state index contributed by atoms with van der Waals surface area (Å²) in [6.45, 7) is 2.97. The molecule has 5 heteroatoms. The van der Waals surface area contributed by atoms with Gasteiger partial charge in [-0.25, -0.2) is 4.68 Å². The summed E-state index contributed by atoms with van der Waals surface area (Å²) in [6.07, 6.45) is 4.79. The van der Waals surface area contributed by atoms with Crippen LogP contribution in [0.5, 0.6) is 5.75 Å². The minimum absolute atomic E-state index is 0.433. The van der Waals surface area contributed by atoms with Crippen LogP contribution in [0, 0.1) is 0 Å². The fourth-order valence-electron chi connectivity index (χ4n) is 2.25. The van der Waals surface area contributed by atoms with Crippen LogP contribution in [0.15, 0.2) is 24.3 Å². The zero-order chi connectivity index (χ0) is 15.1. The van der Waals surface area contributed by atoms with Gasteiger partial charge in [-0.1, -0.05) is 37.1 Å². The average molecular weight is 287 g/mol. The van der Waals surface area contributed by atoms with Crippen LogP contribution >= 0.6 is 0 Å². The molecule has 5 nitrogen and oxygen atoms in total. The van der Waals surface area contributed by atoms with E-state index in [4.69, 9.17) is 4.74 Å². The number of methoxy groups -OCH3 is 1. The Morgan fingerprint density at radius 3 is 2.62 bits per heavy atom. The number of unbranched alkanes of at least 4 members (excludes halogenated alkanes) is 2. The zero-order valence-electron chi connectivity index (χ0n) is 12.6. The quantitative estimate of drug-likeness (QED) is 0.553. The van der Waals surface area contributed by atoms with E-state index >= 15 is 0 Å². The lowest BCUT2D eigenvalue weighted by Gasteiger charge is -2.07. The summed E-state index contributed by atoms with van der Waals surface area (Å²) in [4.78, 5) is 11.1. The Balaban J connectivity index is 2.15. The highest BCUT2D eigenvalue weighted by molar-refractivity contribution is 5.73. The molecule has 1 aromatic carbocycles. The predicted octanol–water partition coefficient (Wildman–Crippen LogP) is 2.88. The second-order valence-electron chi connectivity index (χ2n) is 4.99. The van der Waals surface area contributed by atoms with Crippen LogP contribution in [0.1, 0.15) is 47.9 Å². The zero-order valence-corrected chi connectivity index (χ0v) is 12.6. The van der Waals surface area contributed by atoms with Gasteiger partial charge in [0.1, 0.15) is 11.4 Å². The van der Waals surface area contributed by atoms with Crippen molar-refractivity contribution in [2.24, 2.45) is 0 Å². The summed E-state index contributed by atoms with van der Waals surface area (Å²) < 4.78 is 7.00. The number of carbonyl (C=O) groups excluding carboxylic acids is 1. The molecule has 1 heterocycles. The molecular formula is C16H21N3O2. The van der Waals surface area contributed by atoms with Gasteiger partial charge in [-0.15, -0.1) is 5.10 Å². The Morgan fingerprint density at radius 1 is 1.24 bits per heavy atom. The molecular weight excluding hydrogens is 266 g/mol. The Labute approximate surface area is 124 Å². The summed E-state index contributed by atoms with van der Waals surface area (Å²) >= 11 is 0. The number of ether oxygens (including phenoxy) is 1. The summed E-state index contributed by atoms with van der Waals surface area (Å²) in [6, 6.07) is 7.83. The van der Waals surface area contributed by atoms with E-state index in [0.717, 1.165) is 49.1 Å². The Hall–Kier alpha value is -2.17. The van der Waals surface area contributed by atoms with Gasteiger partial charge < -0.3 is 4.74 Å². The van der Waals surface area contributed by atoms with Crippen molar-refractivity contribution in [1.29, 1.82) is 0 Å². The topological polar surface area (TPSA) is 57.0 Å². The average Bonchev–Trinajstić information content (AvgIpc) is 2.90. The maximum atomic E-state index is 11.1. The lowest BCUT2D eigenvalue weighted by molar-refractivity contribution is 0.111. The molecule has 0 N–H and O–H groups in total. The second-order valence-corrected chi connectivity index (χ2v) is 4.99. The molecule has 2 rings (SSSR count). The minimum atomic E-state index is 0.433. The molecule has 0 atom stereocenters. The van der Waals surface area contributed by atoms with Crippen LogP contribution in [0.4, 0.5) is 0 Å². The first kappa shape index (κ1) is 15.2. The van der Waals surface area contributed by atoms with Crippen molar-refractivity contribution >= 4 is 6.29 Å². The van der Waals surface area contributed by atoms with Crippen molar-refractivity contribution in [2.75, 3.05) is 7.11 Å². The Bertz CT molecular complexity index is 576. The highest BCUT2D eigenvalue weighted by Crippen LogP contribution is 2.16. The van der Waals surface area contributed by atoms with E-state index in [2.05, 4.69) is 17.2 Å². The van der Waals surface area contributed by atoms with Crippen molar-refractivity contribution in [1.82, 2.24) is 15.0 Å². The SMILES string of the molecule is CCCCCn1nnc(C=O)c1Cc1ccc(OC)cc1. The number of carbonyl (C=O) groups is 1. The van der Waals surface area contributed by atoms with Gasteiger partial charge in [-0.2, -0.15) is 0 Å². The normalized spacial score (nSPS) is 10.6. The number of benzene rings is 1. The molecule has 0 saturated carbocycles. The molecule has 2 aromatic rings. The van der Waals surface area contributed by atoms with Crippen LogP contribution in [0.2, 0.25) is 0 Å². The number of rotatable bonds is 8. The number of aldehydes is 1. The summed E-state index contributed by atoms with van der Waals surface area (Å²) in [5.74, 6) is 0.823. The van der Waals surface area contributed by atoms with E-state index in [1.54, 1.807) is 7.11 Å². The maximum absolute atomic E-state index is 11.1. The van der Waals surface area contributed by atoms with Gasteiger partial charge in [0.05, 0.1) is 12.8 Å². The summed E-state index contributed by atoms with van der Waals surface area (Å²) in [5, 5.41) is 8.06. The van der Waals surface area contributed by atoms with E-state index in [1.807, 2.05) is 28.9 Å². The van der Waals surface area contributed by atoms with E-state index in [9.17, 15) is 4.79 Å². The first-order chi connectivity index (χ1) is 10.3. The number of aryl methyl sites for hydroxylation is 1. The maximum Gasteiger partial charge on any atom is 0.172 e. The molecule has 0 amide bonds. The standard InChI is InChI=1S/C16H21N3O2/c1-3-4-5-10-19-16(15(12-20)17-18-19)11-13-6-8-14(21-2)9-7-13/h6-9,12H,3-5,10-11H2,1-2H3. The van der Waals surface area contributed by atoms with Crippen LogP contribution in [0.25, 0.3) is 0 Å². The fraction of sp³-hybridized carbons (Fsp3) is 0.438. The van der Waals surface area contributed by atoms with Crippen LogP contribution in [-0.2, 0) is 13.0 Å². The van der Waals surface area contributed by atoms with Crippen molar-refractivity contribution < 1.29 is 9.53 Å². The van der Waals surface area contributed by atoms with E-state index in [-0.39, 0.29) is 0 Å². The van der Waals surface area contributed by atoms with Gasteiger partial charge in [-0.05, 0) is 24.1 Å². The Kier molecular flexibility index (Phi) is 5.49. The van der Waals surface area contributed by atoms with Crippen LogP contribution in [0.3, 0.4) is 0 Å². The first-order valence-electron chi connectivity index (χ1n) is 7.29. The molecule has 0 unspecified atom stereocenters. The fourth-order valence-corrected chi connectivity index (χ4v) is 2.25. The highest BCUT2D eigenvalue weighted by Gasteiger charge is 2.12. The summed E-state index contributed by atoms with van der Waals surface area (Å²) in [5.41, 5.74) is 2.42. The molecule has 0 bridgehead atoms. The third-order valence-corrected chi connectivity index (χ3v) is 3.48. The second kappa shape index (κ2) is 7.57. The van der Waals surface area contributed by atoms with E-state index in [0.29, 0.717) is 12.1 Å². The molecule has 0 radical (unpaired) electrons. The molecule has 112 valence electrons. The first-order valence-corrected chi connectivity index (χ1v) is 7.29. The smallest absolute Gasteiger partial charge is 0.172 e. The van der Waals surface area contributed by atoms with Crippen LogP contribution in [-0.4, -0.2) is 28.4 Å². The monoisotopic (exact) mass is 287 g/mol. The largest absolute Gasteiger partial charge is 0.497 e. The van der Waals surface area contributed by atoms with Gasteiger partial charge in [0.2, 0.25) is 0 Å². The third-order valence-electron chi connectivity index (χ3n) is 3.48. The molecule has 0 aliphatic heterocycles. The molecule has 0 saturated heterocycles. The third kappa shape index (κ3) is 3.90. The predicted molar refractivity (Wildman–Crippen MR) is 80.7 cm³/mol. The lowest BCUT2D eigenvalue weighted by atomic mass is 10.1. The Morgan fingerprint density at radius 2 is 2.00 bits per heavy atom. The molecule has 0 aliphatic rings. The van der Waals surface area contributed by atoms with Gasteiger partial charge in [-0.3, -0.25) is 4.79 Å². The van der Waals surface area contributed by atoms with E-state index in [1.165, 1.54) is 0 Å². The van der Waals surface area contributed by atoms with Crippen molar-refractivity contribution in [3.05, 3.63) is 41.2 Å². The lowest BCUT2D eigenvalue weighted by Crippen LogP contribution is -2.07. The summed E-state index contributed by atoms with van der Waals surface area (Å²) in [7, 11) is 1.65. The number of nitrogens with zero attached hydrogens (tertiary/aromatic N) is 3. The molecule has 0 aliphatic carbocycles. The van der Waals surface area contributed by atoms with Gasteiger partial charge in [0, 0.05) is 13.0 Å². The number of hydrogen-bond donors (Lipinski definition) is 0. The van der Waals surface area contributed by atoms with Crippen LogP contribution < -0.4 is 4.74 Å². The van der Waals surface area contributed by atoms with Gasteiger partial charge in [0.15, 0.2) is 6.29 Å². The highest BCUT2D eigenvalue weighted by atomic mass is 16.5. The number of hydrogen-bond acceptors (Lipinski definition) is 4. The number of aromatic nitrogens is 3. The van der Waals surface area contributed by atoms with E-state index < -0.39 is 0 Å². The molecule has 0 spiro atoms. The molecule has 0 fully saturated rings.